The molecule has 192 valence electrons. The van der Waals surface area contributed by atoms with Crippen LogP contribution < -0.4 is 10.6 Å². The molecule has 0 aliphatic carbocycles. The van der Waals surface area contributed by atoms with Gasteiger partial charge >= 0.3 is 0 Å². The highest BCUT2D eigenvalue weighted by molar-refractivity contribution is 6.35. The summed E-state index contributed by atoms with van der Waals surface area (Å²) in [4.78, 5) is 5.25. The molecule has 4 nitrogen and oxygen atoms in total. The molecule has 8 rings (SSSR count). The quantitative estimate of drug-likeness (QED) is 0.236. The van der Waals surface area contributed by atoms with Crippen molar-refractivity contribution in [2.24, 2.45) is 4.99 Å². The molecule has 0 radical (unpaired) electrons. The van der Waals surface area contributed by atoms with Crippen LogP contribution in [0, 0.1) is 0 Å². The first-order valence-electron chi connectivity index (χ1n) is 13.4. The summed E-state index contributed by atoms with van der Waals surface area (Å²) in [5.41, 5.74) is 4.87. The van der Waals surface area contributed by atoms with Crippen molar-refractivity contribution in [2.75, 3.05) is 0 Å². The van der Waals surface area contributed by atoms with Gasteiger partial charge in [0.1, 0.15) is 29.3 Å². The molecule has 0 spiro atoms. The van der Waals surface area contributed by atoms with E-state index in [2.05, 4.69) is 83.4 Å². The summed E-state index contributed by atoms with van der Waals surface area (Å²) < 4.78 is 6.21. The lowest BCUT2D eigenvalue weighted by atomic mass is 10.0. The first kappa shape index (κ1) is 23.3. The number of benzene rings is 6. The molecule has 2 heterocycles. The Labute approximate surface area is 235 Å². The monoisotopic (exact) mass is 537 g/mol. The minimum Gasteiger partial charge on any atom is -0.456 e. The predicted octanol–water partition coefficient (Wildman–Crippen LogP) is 8.88. The minimum atomic E-state index is -0.317. The number of fused-ring (bicyclic) bond motifs is 5. The van der Waals surface area contributed by atoms with Gasteiger partial charge in [-0.2, -0.15) is 0 Å². The third kappa shape index (κ3) is 3.84. The maximum atomic E-state index is 6.78. The van der Waals surface area contributed by atoms with E-state index in [1.807, 2.05) is 48.5 Å². The number of amidine groups is 1. The second-order valence-corrected chi connectivity index (χ2v) is 10.6. The Kier molecular flexibility index (Phi) is 5.37. The lowest BCUT2D eigenvalue weighted by Gasteiger charge is -2.32. The first-order chi connectivity index (χ1) is 19.7. The molecule has 1 aromatic heterocycles. The summed E-state index contributed by atoms with van der Waals surface area (Å²) in [5, 5.41) is 14.8. The van der Waals surface area contributed by atoms with Crippen molar-refractivity contribution in [1.29, 1.82) is 0 Å². The van der Waals surface area contributed by atoms with E-state index >= 15 is 0 Å². The van der Waals surface area contributed by atoms with Crippen molar-refractivity contribution in [3.63, 3.8) is 0 Å². The molecule has 2 N–H and O–H groups in total. The molecule has 2 atom stereocenters. The summed E-state index contributed by atoms with van der Waals surface area (Å²) in [6.45, 7) is 0. The number of nitrogens with one attached hydrogen (secondary N) is 2. The number of furan rings is 1. The van der Waals surface area contributed by atoms with Crippen LogP contribution in [0.2, 0.25) is 5.02 Å². The Morgan fingerprint density at radius 3 is 2.30 bits per heavy atom. The second kappa shape index (κ2) is 9.23. The van der Waals surface area contributed by atoms with Crippen LogP contribution in [0.1, 0.15) is 29.0 Å². The Bertz CT molecular complexity index is 2110. The van der Waals surface area contributed by atoms with Crippen LogP contribution in [-0.4, -0.2) is 5.84 Å². The van der Waals surface area contributed by atoms with Gasteiger partial charge in [-0.1, -0.05) is 103 Å². The lowest BCUT2D eigenvalue weighted by Crippen LogP contribution is -2.45. The molecule has 7 aromatic rings. The number of aliphatic imine (C=N–C) groups is 1. The van der Waals surface area contributed by atoms with E-state index in [1.165, 1.54) is 10.8 Å². The predicted molar refractivity (Wildman–Crippen MR) is 165 cm³/mol. The number of rotatable bonds is 3. The number of hydrogen-bond acceptors (Lipinski definition) is 4. The standard InChI is InChI=1S/C35H24ClN3O/c36-29-20-25(19-23-10-3-4-11-26(23)29)34-37-33(24-17-16-21-8-1-2-9-22(21)18-24)38-35(39-34)28-13-7-15-31-32(28)27-12-5-6-14-30(27)40-31/h1-20,34-35,39H,(H,37,38). The van der Waals surface area contributed by atoms with Crippen LogP contribution in [-0.2, 0) is 0 Å². The van der Waals surface area contributed by atoms with Gasteiger partial charge in [-0.25, -0.2) is 4.99 Å². The van der Waals surface area contributed by atoms with E-state index in [0.717, 1.165) is 60.3 Å². The van der Waals surface area contributed by atoms with Gasteiger partial charge < -0.3 is 9.73 Å². The summed E-state index contributed by atoms with van der Waals surface area (Å²) in [6, 6.07) is 41.7. The van der Waals surface area contributed by atoms with Gasteiger partial charge in [0.05, 0.1) is 0 Å². The van der Waals surface area contributed by atoms with Gasteiger partial charge in [0.25, 0.3) is 0 Å². The number of para-hydroxylation sites is 1. The van der Waals surface area contributed by atoms with Crippen LogP contribution in [0.3, 0.4) is 0 Å². The van der Waals surface area contributed by atoms with Crippen molar-refractivity contribution in [1.82, 2.24) is 10.6 Å². The van der Waals surface area contributed by atoms with Crippen molar-refractivity contribution >= 4 is 60.9 Å². The largest absolute Gasteiger partial charge is 0.456 e. The van der Waals surface area contributed by atoms with E-state index in [0.29, 0.717) is 0 Å². The normalized spacial score (nSPS) is 17.4. The van der Waals surface area contributed by atoms with E-state index in [9.17, 15) is 0 Å². The highest BCUT2D eigenvalue weighted by atomic mass is 35.5. The van der Waals surface area contributed by atoms with Crippen LogP contribution in [0.15, 0.2) is 131 Å². The number of nitrogens with zero attached hydrogens (tertiary/aromatic N) is 1. The average Bonchev–Trinajstić information content (AvgIpc) is 3.39. The molecule has 0 fully saturated rings. The SMILES string of the molecule is Clc1cc(C2NC(c3ccc4ccccc4c3)=NC(c3cccc4oc5ccccc5c34)N2)cc2ccccc12. The third-order valence-corrected chi connectivity index (χ3v) is 8.10. The molecule has 0 saturated carbocycles. The molecule has 5 heteroatoms. The van der Waals surface area contributed by atoms with E-state index in [-0.39, 0.29) is 12.3 Å². The van der Waals surface area contributed by atoms with Gasteiger partial charge in [-0.05, 0) is 52.1 Å². The zero-order valence-corrected chi connectivity index (χ0v) is 22.2. The van der Waals surface area contributed by atoms with Crippen molar-refractivity contribution in [2.45, 2.75) is 12.3 Å². The molecular weight excluding hydrogens is 514 g/mol. The van der Waals surface area contributed by atoms with E-state index in [1.54, 1.807) is 0 Å². The van der Waals surface area contributed by atoms with Gasteiger partial charge in [-0.3, -0.25) is 5.32 Å². The molecule has 2 unspecified atom stereocenters. The van der Waals surface area contributed by atoms with Crippen molar-refractivity contribution in [3.8, 4) is 0 Å². The van der Waals surface area contributed by atoms with Crippen LogP contribution in [0.25, 0.3) is 43.5 Å². The van der Waals surface area contributed by atoms with Crippen LogP contribution in [0.5, 0.6) is 0 Å². The van der Waals surface area contributed by atoms with Crippen LogP contribution in [0.4, 0.5) is 0 Å². The third-order valence-electron chi connectivity index (χ3n) is 7.78. The Balaban J connectivity index is 1.31. The second-order valence-electron chi connectivity index (χ2n) is 10.2. The zero-order chi connectivity index (χ0) is 26.6. The maximum absolute atomic E-state index is 6.78. The van der Waals surface area contributed by atoms with E-state index < -0.39 is 0 Å². The molecule has 0 bridgehead atoms. The zero-order valence-electron chi connectivity index (χ0n) is 21.4. The maximum Gasteiger partial charge on any atom is 0.135 e. The molecule has 0 saturated heterocycles. The first-order valence-corrected chi connectivity index (χ1v) is 13.8. The topological polar surface area (TPSA) is 49.6 Å². The van der Waals surface area contributed by atoms with Gasteiger partial charge in [0.2, 0.25) is 0 Å². The van der Waals surface area contributed by atoms with Gasteiger partial charge in [-0.15, -0.1) is 0 Å². The smallest absolute Gasteiger partial charge is 0.135 e. The fraction of sp³-hybridized carbons (Fsp3) is 0.0571. The van der Waals surface area contributed by atoms with Gasteiger partial charge in [0.15, 0.2) is 0 Å². The summed E-state index contributed by atoms with van der Waals surface area (Å²) >= 11 is 6.78. The molecule has 1 aliphatic heterocycles. The fourth-order valence-corrected chi connectivity index (χ4v) is 6.15. The Morgan fingerprint density at radius 1 is 0.650 bits per heavy atom. The highest BCUT2D eigenvalue weighted by Gasteiger charge is 2.28. The molecule has 1 aliphatic rings. The molecule has 0 amide bonds. The van der Waals surface area contributed by atoms with Crippen molar-refractivity contribution < 1.29 is 4.42 Å². The number of halogens is 1. The molecule has 6 aromatic carbocycles. The average molecular weight is 538 g/mol. The minimum absolute atomic E-state index is 0.223. The molecular formula is C35H24ClN3O. The van der Waals surface area contributed by atoms with Gasteiger partial charge in [0, 0.05) is 32.3 Å². The summed E-state index contributed by atoms with van der Waals surface area (Å²) in [7, 11) is 0. The summed E-state index contributed by atoms with van der Waals surface area (Å²) in [6.07, 6.45) is -0.540. The summed E-state index contributed by atoms with van der Waals surface area (Å²) in [5.74, 6) is 0.827. The number of hydrogen-bond donors (Lipinski definition) is 2. The van der Waals surface area contributed by atoms with Crippen LogP contribution >= 0.6 is 11.6 Å². The molecule has 40 heavy (non-hydrogen) atoms. The Hall–Kier alpha value is -4.64. The fourth-order valence-electron chi connectivity index (χ4n) is 5.86. The van der Waals surface area contributed by atoms with Crippen molar-refractivity contribution in [3.05, 3.63) is 143 Å². The van der Waals surface area contributed by atoms with E-state index in [4.69, 9.17) is 21.0 Å². The Morgan fingerprint density at radius 2 is 1.40 bits per heavy atom. The lowest BCUT2D eigenvalue weighted by molar-refractivity contribution is 0.411. The highest BCUT2D eigenvalue weighted by Crippen LogP contribution is 2.37.